The van der Waals surface area contributed by atoms with Gasteiger partial charge < -0.3 is 9.72 Å². The number of H-pyrrole nitrogens is 1. The molecule has 0 aliphatic carbocycles. The molecule has 1 aliphatic rings. The van der Waals surface area contributed by atoms with E-state index < -0.39 is 18.1 Å². The molecule has 3 aromatic rings. The number of nitrogens with one attached hydrogen (secondary N) is 1. The van der Waals surface area contributed by atoms with Crippen molar-refractivity contribution in [1.82, 2.24) is 24.6 Å². The number of pyridine rings is 1. The average Bonchev–Trinajstić information content (AvgIpc) is 3.18. The molecule has 31 heavy (non-hydrogen) atoms. The van der Waals surface area contributed by atoms with Crippen molar-refractivity contribution in [3.8, 4) is 11.7 Å². The van der Waals surface area contributed by atoms with Crippen LogP contribution in [0.4, 0.5) is 13.2 Å². The van der Waals surface area contributed by atoms with E-state index in [1.54, 1.807) is 12.1 Å². The number of aromatic nitrogens is 4. The molecular formula is C21H22F3N5O2. The first-order valence-electron chi connectivity index (χ1n) is 10.0. The van der Waals surface area contributed by atoms with Gasteiger partial charge in [-0.25, -0.2) is 13.2 Å². The number of nitrogens with zero attached hydrogens (tertiary/aromatic N) is 4. The normalized spacial score (nSPS) is 15.5. The van der Waals surface area contributed by atoms with E-state index in [0.29, 0.717) is 6.54 Å². The third-order valence-electron chi connectivity index (χ3n) is 5.25. The Labute approximate surface area is 176 Å². The molecule has 3 heterocycles. The SMILES string of the molecule is O=c1cccc(CN2CCC(COc3nc(C(F)F)nn3-c3ccccc3F)CC2)[nH]1. The maximum absolute atomic E-state index is 14.1. The summed E-state index contributed by atoms with van der Waals surface area (Å²) in [6.07, 6.45) is -1.21. The zero-order valence-corrected chi connectivity index (χ0v) is 16.7. The predicted molar refractivity (Wildman–Crippen MR) is 107 cm³/mol. The topological polar surface area (TPSA) is 76.0 Å². The van der Waals surface area contributed by atoms with Gasteiger partial charge in [-0.3, -0.25) is 9.69 Å². The second-order valence-electron chi connectivity index (χ2n) is 7.49. The lowest BCUT2D eigenvalue weighted by molar-refractivity contribution is 0.128. The number of benzene rings is 1. The molecule has 4 rings (SSSR count). The van der Waals surface area contributed by atoms with Crippen LogP contribution in [-0.4, -0.2) is 44.3 Å². The highest BCUT2D eigenvalue weighted by Crippen LogP contribution is 2.25. The zero-order chi connectivity index (χ0) is 21.8. The standard InChI is InChI=1S/C21H22F3N5O2/c22-16-5-1-2-6-17(16)29-21(26-20(27-29)19(23)24)31-13-14-8-10-28(11-9-14)12-15-4-3-7-18(30)25-15/h1-7,14,19H,8-13H2,(H,25,30). The number of halogens is 3. The Balaban J connectivity index is 1.37. The summed E-state index contributed by atoms with van der Waals surface area (Å²) in [5.41, 5.74) is 0.742. The monoisotopic (exact) mass is 433 g/mol. The molecule has 0 atom stereocenters. The quantitative estimate of drug-likeness (QED) is 0.619. The van der Waals surface area contributed by atoms with Gasteiger partial charge in [-0.05, 0) is 50.0 Å². The van der Waals surface area contributed by atoms with Gasteiger partial charge >= 0.3 is 6.01 Å². The molecule has 1 saturated heterocycles. The van der Waals surface area contributed by atoms with Gasteiger partial charge in [-0.2, -0.15) is 9.67 Å². The van der Waals surface area contributed by atoms with Crippen LogP contribution in [0, 0.1) is 11.7 Å². The van der Waals surface area contributed by atoms with Crippen LogP contribution in [0.25, 0.3) is 5.69 Å². The third kappa shape index (κ3) is 5.13. The van der Waals surface area contributed by atoms with Crippen LogP contribution in [0.2, 0.25) is 0 Å². The fraction of sp³-hybridized carbons (Fsp3) is 0.381. The number of piperidine rings is 1. The average molecular weight is 433 g/mol. The number of likely N-dealkylation sites (tertiary alicyclic amines) is 1. The van der Waals surface area contributed by atoms with Gasteiger partial charge in [0.15, 0.2) is 0 Å². The molecule has 2 aromatic heterocycles. The van der Waals surface area contributed by atoms with Crippen LogP contribution in [0.15, 0.2) is 47.3 Å². The van der Waals surface area contributed by atoms with Crippen molar-refractivity contribution in [2.24, 2.45) is 5.92 Å². The molecule has 1 fully saturated rings. The van der Waals surface area contributed by atoms with Gasteiger partial charge in [0.05, 0.1) is 6.61 Å². The largest absolute Gasteiger partial charge is 0.463 e. The van der Waals surface area contributed by atoms with E-state index in [0.717, 1.165) is 36.3 Å². The Hall–Kier alpha value is -3.14. The predicted octanol–water partition coefficient (Wildman–Crippen LogP) is 3.32. The summed E-state index contributed by atoms with van der Waals surface area (Å²) in [4.78, 5) is 20.2. The second kappa shape index (κ2) is 9.34. The number of para-hydroxylation sites is 1. The number of hydrogen-bond donors (Lipinski definition) is 1. The van der Waals surface area contributed by atoms with Crippen LogP contribution >= 0.6 is 0 Å². The summed E-state index contributed by atoms with van der Waals surface area (Å²) >= 11 is 0. The van der Waals surface area contributed by atoms with Gasteiger partial charge in [0.1, 0.15) is 11.5 Å². The molecule has 1 N–H and O–H groups in total. The molecular weight excluding hydrogens is 411 g/mol. The molecule has 0 unspecified atom stereocenters. The molecule has 1 aliphatic heterocycles. The van der Waals surface area contributed by atoms with Gasteiger partial charge in [-0.15, -0.1) is 5.10 Å². The van der Waals surface area contributed by atoms with Crippen molar-refractivity contribution in [3.05, 3.63) is 70.2 Å². The fourth-order valence-corrected chi connectivity index (χ4v) is 3.61. The van der Waals surface area contributed by atoms with E-state index in [-0.39, 0.29) is 29.8 Å². The fourth-order valence-electron chi connectivity index (χ4n) is 3.61. The van der Waals surface area contributed by atoms with Gasteiger partial charge in [0.2, 0.25) is 11.4 Å². The summed E-state index contributed by atoms with van der Waals surface area (Å²) in [7, 11) is 0. The number of alkyl halides is 2. The van der Waals surface area contributed by atoms with Crippen LogP contribution in [-0.2, 0) is 6.54 Å². The molecule has 1 aromatic carbocycles. The van der Waals surface area contributed by atoms with Crippen LogP contribution in [0.1, 0.15) is 30.8 Å². The first-order valence-corrected chi connectivity index (χ1v) is 10.0. The molecule has 0 saturated carbocycles. The Morgan fingerprint density at radius 3 is 2.61 bits per heavy atom. The Morgan fingerprint density at radius 2 is 1.90 bits per heavy atom. The third-order valence-corrected chi connectivity index (χ3v) is 5.25. The summed E-state index contributed by atoms with van der Waals surface area (Å²) in [5.74, 6) is -1.11. The van der Waals surface area contributed by atoms with E-state index >= 15 is 0 Å². The number of ether oxygens (including phenoxy) is 1. The van der Waals surface area contributed by atoms with Gasteiger partial charge in [-0.1, -0.05) is 18.2 Å². The minimum Gasteiger partial charge on any atom is -0.463 e. The molecule has 0 radical (unpaired) electrons. The molecule has 0 bridgehead atoms. The smallest absolute Gasteiger partial charge is 0.320 e. The lowest BCUT2D eigenvalue weighted by Crippen LogP contribution is -2.35. The maximum Gasteiger partial charge on any atom is 0.320 e. The molecule has 7 nitrogen and oxygen atoms in total. The molecule has 0 spiro atoms. The lowest BCUT2D eigenvalue weighted by atomic mass is 9.98. The minimum absolute atomic E-state index is 0.00331. The molecule has 164 valence electrons. The Bertz CT molecular complexity index is 1080. The van der Waals surface area contributed by atoms with Crippen molar-refractivity contribution in [1.29, 1.82) is 0 Å². The highest BCUT2D eigenvalue weighted by atomic mass is 19.3. The van der Waals surface area contributed by atoms with Crippen LogP contribution < -0.4 is 10.3 Å². The van der Waals surface area contributed by atoms with Crippen molar-refractivity contribution in [2.75, 3.05) is 19.7 Å². The second-order valence-corrected chi connectivity index (χ2v) is 7.49. The van der Waals surface area contributed by atoms with E-state index in [2.05, 4.69) is 20.0 Å². The highest BCUT2D eigenvalue weighted by molar-refractivity contribution is 5.34. The van der Waals surface area contributed by atoms with E-state index in [9.17, 15) is 18.0 Å². The van der Waals surface area contributed by atoms with Gasteiger partial charge in [0.25, 0.3) is 6.43 Å². The van der Waals surface area contributed by atoms with Crippen LogP contribution in [0.3, 0.4) is 0 Å². The summed E-state index contributed by atoms with van der Waals surface area (Å²) in [6, 6.07) is 10.7. The van der Waals surface area contributed by atoms with Crippen LogP contribution in [0.5, 0.6) is 6.01 Å². The highest BCUT2D eigenvalue weighted by Gasteiger charge is 2.24. The minimum atomic E-state index is -2.89. The Kier molecular flexibility index (Phi) is 6.36. The Morgan fingerprint density at radius 1 is 1.13 bits per heavy atom. The first kappa shape index (κ1) is 21.1. The first-order chi connectivity index (χ1) is 15.0. The molecule has 10 heteroatoms. The summed E-state index contributed by atoms with van der Waals surface area (Å²) in [6.45, 7) is 2.55. The summed E-state index contributed by atoms with van der Waals surface area (Å²) < 4.78 is 47.0. The van der Waals surface area contributed by atoms with E-state index in [4.69, 9.17) is 4.74 Å². The zero-order valence-electron chi connectivity index (χ0n) is 16.7. The van der Waals surface area contributed by atoms with E-state index in [1.165, 1.54) is 24.3 Å². The summed E-state index contributed by atoms with van der Waals surface area (Å²) in [5, 5.41) is 3.72. The van der Waals surface area contributed by atoms with Crippen molar-refractivity contribution < 1.29 is 17.9 Å². The number of aromatic amines is 1. The number of hydrogen-bond acceptors (Lipinski definition) is 5. The van der Waals surface area contributed by atoms with Gasteiger partial charge in [0, 0.05) is 18.3 Å². The van der Waals surface area contributed by atoms with Crippen molar-refractivity contribution in [3.63, 3.8) is 0 Å². The number of rotatable bonds is 7. The lowest BCUT2D eigenvalue weighted by Gasteiger charge is -2.31. The van der Waals surface area contributed by atoms with Crippen molar-refractivity contribution >= 4 is 0 Å². The maximum atomic E-state index is 14.1. The van der Waals surface area contributed by atoms with Crippen molar-refractivity contribution in [2.45, 2.75) is 25.8 Å². The molecule has 0 amide bonds. The van der Waals surface area contributed by atoms with E-state index in [1.807, 2.05) is 6.07 Å².